The number of nitrogens with one attached hydrogen (secondary N) is 2. The van der Waals surface area contributed by atoms with Gasteiger partial charge in [-0.25, -0.2) is 8.42 Å². The minimum absolute atomic E-state index is 0.000612. The molecule has 0 bridgehead atoms. The zero-order valence-electron chi connectivity index (χ0n) is 16.8. The summed E-state index contributed by atoms with van der Waals surface area (Å²) in [6, 6.07) is 12.2. The second-order valence-corrected chi connectivity index (χ2v) is 8.35. The van der Waals surface area contributed by atoms with Gasteiger partial charge in [0.1, 0.15) is 6.54 Å². The van der Waals surface area contributed by atoms with Gasteiger partial charge in [0.2, 0.25) is 15.9 Å². The number of benzene rings is 1. The molecule has 0 spiro atoms. The smallest absolute Gasteiger partial charge is 0.251 e. The molecule has 9 heteroatoms. The third-order valence-corrected chi connectivity index (χ3v) is 6.43. The Bertz CT molecular complexity index is 954. The van der Waals surface area contributed by atoms with E-state index in [1.165, 1.54) is 22.6 Å². The van der Waals surface area contributed by atoms with Gasteiger partial charge in [0, 0.05) is 44.1 Å². The summed E-state index contributed by atoms with van der Waals surface area (Å²) < 4.78 is 27.6. The fourth-order valence-electron chi connectivity index (χ4n) is 2.81. The third kappa shape index (κ3) is 6.43. The minimum Gasteiger partial charge on any atom is -0.385 e. The van der Waals surface area contributed by atoms with E-state index in [-0.39, 0.29) is 17.3 Å². The summed E-state index contributed by atoms with van der Waals surface area (Å²) in [5, 5.41) is 5.99. The van der Waals surface area contributed by atoms with Crippen molar-refractivity contribution in [3.63, 3.8) is 0 Å². The van der Waals surface area contributed by atoms with E-state index in [0.29, 0.717) is 32.6 Å². The highest BCUT2D eigenvalue weighted by molar-refractivity contribution is 7.89. The van der Waals surface area contributed by atoms with Gasteiger partial charge in [0.05, 0.1) is 4.90 Å². The van der Waals surface area contributed by atoms with Crippen molar-refractivity contribution in [1.82, 2.24) is 14.2 Å². The first kappa shape index (κ1) is 22.6. The van der Waals surface area contributed by atoms with Crippen molar-refractivity contribution in [2.45, 2.75) is 31.7 Å². The lowest BCUT2D eigenvalue weighted by atomic mass is 10.3. The Morgan fingerprint density at radius 3 is 2.38 bits per heavy atom. The predicted octanol–water partition coefficient (Wildman–Crippen LogP) is 1.50. The Morgan fingerprint density at radius 1 is 1.03 bits per heavy atom. The first-order valence-electron chi connectivity index (χ1n) is 9.64. The number of aromatic nitrogens is 1. The van der Waals surface area contributed by atoms with Crippen LogP contribution in [-0.4, -0.2) is 49.4 Å². The van der Waals surface area contributed by atoms with E-state index >= 15 is 0 Å². The van der Waals surface area contributed by atoms with Gasteiger partial charge in [0.15, 0.2) is 0 Å². The molecule has 2 N–H and O–H groups in total. The van der Waals surface area contributed by atoms with Crippen LogP contribution in [0.4, 0.5) is 5.69 Å². The van der Waals surface area contributed by atoms with Gasteiger partial charge >= 0.3 is 0 Å². The Hall–Kier alpha value is -2.65. The molecule has 2 aromatic rings. The highest BCUT2D eigenvalue weighted by Gasteiger charge is 2.22. The third-order valence-electron chi connectivity index (χ3n) is 4.39. The molecular weight excluding hydrogens is 392 g/mol. The van der Waals surface area contributed by atoms with Crippen LogP contribution < -0.4 is 16.2 Å². The number of rotatable bonds is 11. The minimum atomic E-state index is -3.69. The van der Waals surface area contributed by atoms with Crippen molar-refractivity contribution in [3.05, 3.63) is 59.0 Å². The van der Waals surface area contributed by atoms with E-state index in [0.717, 1.165) is 10.3 Å². The summed E-state index contributed by atoms with van der Waals surface area (Å²) in [5.74, 6) is -0.343. The number of amides is 1. The Balaban J connectivity index is 1.90. The normalized spacial score (nSPS) is 11.4. The molecule has 0 radical (unpaired) electrons. The molecule has 0 atom stereocenters. The van der Waals surface area contributed by atoms with Gasteiger partial charge in [-0.3, -0.25) is 9.59 Å². The number of carbonyl (C=O) groups excluding carboxylic acids is 1. The van der Waals surface area contributed by atoms with Gasteiger partial charge in [-0.15, -0.1) is 0 Å². The van der Waals surface area contributed by atoms with Crippen LogP contribution in [0.15, 0.2) is 58.4 Å². The first-order chi connectivity index (χ1) is 13.9. The topological polar surface area (TPSA) is 101 Å². The lowest BCUT2D eigenvalue weighted by Gasteiger charge is -2.19. The van der Waals surface area contributed by atoms with Crippen molar-refractivity contribution >= 4 is 21.6 Å². The fourth-order valence-corrected chi connectivity index (χ4v) is 4.29. The van der Waals surface area contributed by atoms with Crippen molar-refractivity contribution in [2.24, 2.45) is 0 Å². The largest absolute Gasteiger partial charge is 0.385 e. The van der Waals surface area contributed by atoms with Crippen molar-refractivity contribution in [2.75, 3.05) is 31.5 Å². The Labute approximate surface area is 171 Å². The van der Waals surface area contributed by atoms with Crippen molar-refractivity contribution in [1.29, 1.82) is 0 Å². The van der Waals surface area contributed by atoms with Gasteiger partial charge in [-0.2, -0.15) is 4.31 Å². The van der Waals surface area contributed by atoms with Crippen LogP contribution in [0, 0.1) is 0 Å². The highest BCUT2D eigenvalue weighted by Crippen LogP contribution is 2.13. The second kappa shape index (κ2) is 10.8. The first-order valence-corrected chi connectivity index (χ1v) is 11.1. The Morgan fingerprint density at radius 2 is 1.72 bits per heavy atom. The van der Waals surface area contributed by atoms with Gasteiger partial charge in [-0.05, 0) is 24.6 Å². The molecule has 2 rings (SSSR count). The quantitative estimate of drug-likeness (QED) is 0.537. The van der Waals surface area contributed by atoms with Gasteiger partial charge in [-0.1, -0.05) is 32.0 Å². The summed E-state index contributed by atoms with van der Waals surface area (Å²) in [6.07, 6.45) is 1.94. The molecule has 1 amide bonds. The molecule has 29 heavy (non-hydrogen) atoms. The van der Waals surface area contributed by atoms with Crippen molar-refractivity contribution in [3.8, 4) is 0 Å². The Kier molecular flexibility index (Phi) is 8.41. The fraction of sp³-hybridized carbons (Fsp3) is 0.400. The molecule has 0 saturated heterocycles. The maximum absolute atomic E-state index is 12.6. The molecule has 158 valence electrons. The monoisotopic (exact) mass is 420 g/mol. The summed E-state index contributed by atoms with van der Waals surface area (Å²) in [5.41, 5.74) is 0.584. The van der Waals surface area contributed by atoms with Crippen LogP contribution in [0.5, 0.6) is 0 Å². The van der Waals surface area contributed by atoms with Crippen LogP contribution in [0.2, 0.25) is 0 Å². The second-order valence-electron chi connectivity index (χ2n) is 6.42. The summed E-state index contributed by atoms with van der Waals surface area (Å²) in [6.45, 7) is 5.07. The van der Waals surface area contributed by atoms with E-state index in [9.17, 15) is 18.0 Å². The average molecular weight is 421 g/mol. The van der Waals surface area contributed by atoms with Crippen LogP contribution >= 0.6 is 0 Å². The number of para-hydroxylation sites is 1. The number of pyridine rings is 1. The van der Waals surface area contributed by atoms with E-state index < -0.39 is 15.6 Å². The molecular formula is C20H28N4O4S. The standard InChI is InChI=1S/C20H28N4O4S/c1-3-24(4-2)29(27,28)18-11-12-20(26)23(15-18)16-19(25)22-14-8-13-21-17-9-6-5-7-10-17/h5-7,9-12,15,21H,3-4,8,13-14,16H2,1-2H3,(H,22,25). The summed E-state index contributed by atoms with van der Waals surface area (Å²) in [7, 11) is -3.69. The van der Waals surface area contributed by atoms with E-state index in [2.05, 4.69) is 10.6 Å². The van der Waals surface area contributed by atoms with Crippen LogP contribution in [0.3, 0.4) is 0 Å². The molecule has 1 aromatic carbocycles. The molecule has 1 aromatic heterocycles. The van der Waals surface area contributed by atoms with Gasteiger partial charge < -0.3 is 15.2 Å². The van der Waals surface area contributed by atoms with Crippen LogP contribution in [0.1, 0.15) is 20.3 Å². The SMILES string of the molecule is CCN(CC)S(=O)(=O)c1ccc(=O)n(CC(=O)NCCCNc2ccccc2)c1. The number of hydrogen-bond donors (Lipinski definition) is 2. The number of carbonyl (C=O) groups is 1. The lowest BCUT2D eigenvalue weighted by molar-refractivity contribution is -0.121. The maximum Gasteiger partial charge on any atom is 0.251 e. The molecule has 0 aliphatic carbocycles. The van der Waals surface area contributed by atoms with Crippen LogP contribution in [0.25, 0.3) is 0 Å². The average Bonchev–Trinajstić information content (AvgIpc) is 2.70. The van der Waals surface area contributed by atoms with Gasteiger partial charge in [0.25, 0.3) is 5.56 Å². The van der Waals surface area contributed by atoms with Crippen molar-refractivity contribution < 1.29 is 13.2 Å². The number of sulfonamides is 1. The summed E-state index contributed by atoms with van der Waals surface area (Å²) >= 11 is 0. The predicted molar refractivity (Wildman–Crippen MR) is 113 cm³/mol. The van der Waals surface area contributed by atoms with E-state index in [1.54, 1.807) is 13.8 Å². The number of nitrogens with zero attached hydrogens (tertiary/aromatic N) is 2. The lowest BCUT2D eigenvalue weighted by Crippen LogP contribution is -2.35. The molecule has 0 aliphatic heterocycles. The molecule has 0 saturated carbocycles. The molecule has 1 heterocycles. The highest BCUT2D eigenvalue weighted by atomic mass is 32.2. The molecule has 0 unspecified atom stereocenters. The molecule has 0 fully saturated rings. The van der Waals surface area contributed by atoms with E-state index in [4.69, 9.17) is 0 Å². The molecule has 8 nitrogen and oxygen atoms in total. The van der Waals surface area contributed by atoms with E-state index in [1.807, 2.05) is 30.3 Å². The van der Waals surface area contributed by atoms with Crippen LogP contribution in [-0.2, 0) is 21.4 Å². The summed E-state index contributed by atoms with van der Waals surface area (Å²) in [4.78, 5) is 24.2. The molecule has 0 aliphatic rings. The number of hydrogen-bond acceptors (Lipinski definition) is 5. The zero-order chi connectivity index (χ0) is 21.3. The number of anilines is 1. The zero-order valence-corrected chi connectivity index (χ0v) is 17.6. The maximum atomic E-state index is 12.6.